The molecule has 0 aliphatic heterocycles. The molecular weight excluding hydrogens is 304 g/mol. The van der Waals surface area contributed by atoms with Crippen molar-refractivity contribution in [2.45, 2.75) is 19.3 Å². The van der Waals surface area contributed by atoms with E-state index in [1.165, 1.54) is 6.42 Å². The molecule has 0 aromatic carbocycles. The van der Waals surface area contributed by atoms with Gasteiger partial charge in [0.2, 0.25) is 0 Å². The van der Waals surface area contributed by atoms with Crippen LogP contribution in [0.1, 0.15) is 19.3 Å². The summed E-state index contributed by atoms with van der Waals surface area (Å²) in [6, 6.07) is 0. The summed E-state index contributed by atoms with van der Waals surface area (Å²) >= 11 is 12.6. The van der Waals surface area contributed by atoms with Crippen molar-refractivity contribution in [1.29, 1.82) is 0 Å². The quantitative estimate of drug-likeness (QED) is 0.444. The van der Waals surface area contributed by atoms with Crippen molar-refractivity contribution in [2.75, 3.05) is 11.5 Å². The van der Waals surface area contributed by atoms with Gasteiger partial charge in [0.15, 0.2) is 0 Å². The summed E-state index contributed by atoms with van der Waals surface area (Å²) in [6.45, 7) is 0. The van der Waals surface area contributed by atoms with Crippen LogP contribution >= 0.6 is 48.0 Å². The molecule has 4 N–H and O–H groups in total. The van der Waals surface area contributed by atoms with Gasteiger partial charge in [0.1, 0.15) is 8.64 Å². The van der Waals surface area contributed by atoms with Gasteiger partial charge >= 0.3 is 0 Å². The van der Waals surface area contributed by atoms with Gasteiger partial charge in [-0.3, -0.25) is 0 Å². The summed E-state index contributed by atoms with van der Waals surface area (Å²) in [7, 11) is 0. The number of hydrogen-bond acceptors (Lipinski definition) is 4. The van der Waals surface area contributed by atoms with Gasteiger partial charge < -0.3 is 11.5 Å². The Kier molecular flexibility index (Phi) is 15.0. The Morgan fingerprint density at radius 2 is 1.21 bits per heavy atom. The van der Waals surface area contributed by atoms with Crippen LogP contribution < -0.4 is 11.5 Å². The second-order valence-corrected chi connectivity index (χ2v) is 6.07. The molecule has 0 bridgehead atoms. The summed E-state index contributed by atoms with van der Waals surface area (Å²) in [5, 5.41) is 0. The summed E-state index contributed by atoms with van der Waals surface area (Å²) in [5.74, 6) is 2.04. The number of rotatable bonds is 6. The van der Waals surface area contributed by atoms with Gasteiger partial charge in [-0.2, -0.15) is 0 Å². The molecule has 0 rings (SSSR count). The van der Waals surface area contributed by atoms with Crippen molar-refractivity contribution >= 4 is 56.6 Å². The van der Waals surface area contributed by atoms with Crippen molar-refractivity contribution in [3.63, 3.8) is 0 Å². The Bertz CT molecular complexity index is 159. The number of unbranched alkanes of at least 4 members (excludes halogenated alkanes) is 2. The Morgan fingerprint density at radius 1 is 0.857 bits per heavy atom. The average Bonchev–Trinajstić information content (AvgIpc) is 2.01. The third kappa shape index (κ3) is 15.5. The van der Waals surface area contributed by atoms with Crippen LogP contribution in [-0.2, 0) is 17.1 Å². The van der Waals surface area contributed by atoms with Crippen LogP contribution in [0.2, 0.25) is 0 Å². The standard InChI is InChI=1S/C7H14N2S4.Cu/c8-6(10)12-4-2-1-3-5-13-7(9)11;/h1-5H2,(H2,8,10)(H2,9,11);. The Morgan fingerprint density at radius 3 is 1.50 bits per heavy atom. The van der Waals surface area contributed by atoms with Crippen LogP contribution in [0.25, 0.3) is 0 Å². The minimum atomic E-state index is 0. The molecule has 0 aliphatic rings. The van der Waals surface area contributed by atoms with Crippen LogP contribution in [0.5, 0.6) is 0 Å². The fraction of sp³-hybridized carbons (Fsp3) is 0.714. The molecule has 0 fully saturated rings. The Balaban J connectivity index is 0. The van der Waals surface area contributed by atoms with E-state index in [1.807, 2.05) is 0 Å². The summed E-state index contributed by atoms with van der Waals surface area (Å²) in [4.78, 5) is 0. The summed E-state index contributed by atoms with van der Waals surface area (Å²) < 4.78 is 1.08. The van der Waals surface area contributed by atoms with E-state index in [1.54, 1.807) is 23.5 Å². The average molecular weight is 318 g/mol. The maximum atomic E-state index is 5.33. The molecule has 0 spiro atoms. The Hall–Kier alpha value is 0.999. The van der Waals surface area contributed by atoms with E-state index < -0.39 is 0 Å². The second kappa shape index (κ2) is 12.1. The molecule has 0 aromatic heterocycles. The zero-order valence-corrected chi connectivity index (χ0v) is 11.8. The van der Waals surface area contributed by atoms with Crippen LogP contribution in [0.3, 0.4) is 0 Å². The normalized spacial score (nSPS) is 9.14. The smallest absolute Gasteiger partial charge is 0.131 e. The number of nitrogens with two attached hydrogens (primary N) is 2. The van der Waals surface area contributed by atoms with Crippen molar-refractivity contribution in [3.05, 3.63) is 0 Å². The molecular formula is C7H14CuN2S4. The predicted molar refractivity (Wildman–Crippen MR) is 72.3 cm³/mol. The first-order chi connectivity index (χ1) is 6.13. The van der Waals surface area contributed by atoms with Crippen molar-refractivity contribution in [1.82, 2.24) is 0 Å². The first-order valence-electron chi connectivity index (χ1n) is 3.97. The summed E-state index contributed by atoms with van der Waals surface area (Å²) in [6.07, 6.45) is 3.49. The molecule has 1 radical (unpaired) electrons. The van der Waals surface area contributed by atoms with Crippen molar-refractivity contribution in [3.8, 4) is 0 Å². The van der Waals surface area contributed by atoms with Crippen molar-refractivity contribution < 1.29 is 17.1 Å². The van der Waals surface area contributed by atoms with Gasteiger partial charge in [-0.25, -0.2) is 0 Å². The number of thiocarbonyl (C=S) groups is 2. The number of thioether (sulfide) groups is 2. The van der Waals surface area contributed by atoms with Crippen LogP contribution in [-0.4, -0.2) is 20.1 Å². The van der Waals surface area contributed by atoms with E-state index >= 15 is 0 Å². The monoisotopic (exact) mass is 317 g/mol. The van der Waals surface area contributed by atoms with E-state index in [9.17, 15) is 0 Å². The van der Waals surface area contributed by atoms with Gasteiger partial charge in [0.25, 0.3) is 0 Å². The first kappa shape index (κ1) is 17.4. The van der Waals surface area contributed by atoms with E-state index in [0.717, 1.165) is 24.3 Å². The topological polar surface area (TPSA) is 52.0 Å². The first-order valence-corrected chi connectivity index (χ1v) is 6.76. The molecule has 2 nitrogen and oxygen atoms in total. The van der Waals surface area contributed by atoms with Gasteiger partial charge in [0.05, 0.1) is 0 Å². The molecule has 0 amide bonds. The fourth-order valence-electron chi connectivity index (χ4n) is 0.726. The molecule has 0 atom stereocenters. The third-order valence-corrected chi connectivity index (χ3v) is 3.54. The van der Waals surface area contributed by atoms with E-state index in [4.69, 9.17) is 35.9 Å². The zero-order valence-electron chi connectivity index (χ0n) is 7.62. The molecule has 0 saturated carbocycles. The molecule has 0 aliphatic carbocycles. The van der Waals surface area contributed by atoms with Gasteiger partial charge in [0, 0.05) is 28.6 Å². The molecule has 0 saturated heterocycles. The van der Waals surface area contributed by atoms with Gasteiger partial charge in [-0.05, 0) is 12.8 Å². The maximum Gasteiger partial charge on any atom is 0.131 e. The molecule has 87 valence electrons. The van der Waals surface area contributed by atoms with Crippen LogP contribution in [0, 0.1) is 0 Å². The van der Waals surface area contributed by atoms with Gasteiger partial charge in [-0.1, -0.05) is 54.4 Å². The SMILES string of the molecule is NC(=S)SCCCCCSC(N)=S.[Cu]. The molecule has 0 aromatic rings. The van der Waals surface area contributed by atoms with E-state index in [2.05, 4.69) is 0 Å². The van der Waals surface area contributed by atoms with Crippen molar-refractivity contribution in [2.24, 2.45) is 11.5 Å². The van der Waals surface area contributed by atoms with Crippen LogP contribution in [0.4, 0.5) is 0 Å². The molecule has 0 heterocycles. The largest absolute Gasteiger partial charge is 0.385 e. The predicted octanol–water partition coefficient (Wildman–Crippen LogP) is 2.11. The minimum absolute atomic E-state index is 0. The van der Waals surface area contributed by atoms with Crippen LogP contribution in [0.15, 0.2) is 0 Å². The molecule has 7 heteroatoms. The Labute approximate surface area is 115 Å². The summed E-state index contributed by atoms with van der Waals surface area (Å²) in [5.41, 5.74) is 10.7. The third-order valence-electron chi connectivity index (χ3n) is 1.28. The van der Waals surface area contributed by atoms with Gasteiger partial charge in [-0.15, -0.1) is 0 Å². The number of hydrogen-bond donors (Lipinski definition) is 2. The van der Waals surface area contributed by atoms with E-state index in [-0.39, 0.29) is 17.1 Å². The fourth-order valence-corrected chi connectivity index (χ4v) is 2.33. The van der Waals surface area contributed by atoms with E-state index in [0.29, 0.717) is 8.64 Å². The second-order valence-electron chi connectivity index (χ2n) is 2.40. The molecule has 0 unspecified atom stereocenters. The maximum absolute atomic E-state index is 5.33. The minimum Gasteiger partial charge on any atom is -0.385 e. The zero-order chi connectivity index (χ0) is 10.1. The molecule has 14 heavy (non-hydrogen) atoms.